The van der Waals surface area contributed by atoms with Gasteiger partial charge in [0.25, 0.3) is 0 Å². The molecule has 130 valence electrons. The summed E-state index contributed by atoms with van der Waals surface area (Å²) in [5.41, 5.74) is 4.29. The second-order valence-electron chi connectivity index (χ2n) is 5.76. The van der Waals surface area contributed by atoms with Gasteiger partial charge in [0, 0.05) is 19.1 Å². The first-order valence-corrected chi connectivity index (χ1v) is 8.60. The first-order chi connectivity index (χ1) is 10.5. The molecule has 1 aliphatic heterocycles. The Labute approximate surface area is 132 Å². The summed E-state index contributed by atoms with van der Waals surface area (Å²) in [6.45, 7) is 1.93. The van der Waals surface area contributed by atoms with Gasteiger partial charge in [0.2, 0.25) is 10.0 Å². The molecule has 23 heavy (non-hydrogen) atoms. The topological polar surface area (TPSA) is 63.4 Å². The standard InChI is InChI=1S/C14H18F4N2O2S/c1-9(19)10-3-2-6-20(8-10)23(21,22)13-5-4-11(15)7-12(13)14(16,17)18/h4-5,7,9-10H,2-3,6,8,19H2,1H3/t9-,10+/m0/s1. The zero-order chi connectivity index (χ0) is 17.4. The number of nitrogens with two attached hydrogens (primary N) is 1. The third-order valence-electron chi connectivity index (χ3n) is 4.03. The molecule has 0 radical (unpaired) electrons. The maximum atomic E-state index is 13.2. The first-order valence-electron chi connectivity index (χ1n) is 7.16. The molecule has 0 spiro atoms. The average molecular weight is 354 g/mol. The quantitative estimate of drug-likeness (QED) is 0.849. The molecular formula is C14H18F4N2O2S. The van der Waals surface area contributed by atoms with Crippen LogP contribution in [0.2, 0.25) is 0 Å². The highest BCUT2D eigenvalue weighted by molar-refractivity contribution is 7.89. The van der Waals surface area contributed by atoms with Crippen molar-refractivity contribution in [3.05, 3.63) is 29.6 Å². The van der Waals surface area contributed by atoms with Gasteiger partial charge < -0.3 is 5.73 Å². The van der Waals surface area contributed by atoms with Crippen LogP contribution >= 0.6 is 0 Å². The lowest BCUT2D eigenvalue weighted by molar-refractivity contribution is -0.140. The summed E-state index contributed by atoms with van der Waals surface area (Å²) in [7, 11) is -4.37. The normalized spacial score (nSPS) is 22.1. The summed E-state index contributed by atoms with van der Waals surface area (Å²) in [6.07, 6.45) is -3.71. The summed E-state index contributed by atoms with van der Waals surface area (Å²) < 4.78 is 78.5. The molecule has 1 fully saturated rings. The lowest BCUT2D eigenvalue weighted by Crippen LogP contribution is -2.45. The van der Waals surface area contributed by atoms with Gasteiger partial charge in [0.15, 0.2) is 0 Å². The Morgan fingerprint density at radius 3 is 2.57 bits per heavy atom. The molecule has 1 aliphatic rings. The minimum absolute atomic E-state index is 0.0642. The van der Waals surface area contributed by atoms with Crippen LogP contribution in [-0.4, -0.2) is 31.9 Å². The van der Waals surface area contributed by atoms with Gasteiger partial charge in [-0.1, -0.05) is 0 Å². The Morgan fingerprint density at radius 1 is 1.35 bits per heavy atom. The summed E-state index contributed by atoms with van der Waals surface area (Å²) in [5.74, 6) is -1.25. The molecule has 0 unspecified atom stereocenters. The molecule has 1 saturated heterocycles. The monoisotopic (exact) mass is 354 g/mol. The van der Waals surface area contributed by atoms with Crippen LogP contribution in [0, 0.1) is 11.7 Å². The second kappa shape index (κ2) is 6.37. The molecule has 4 nitrogen and oxygen atoms in total. The molecule has 0 amide bonds. The van der Waals surface area contributed by atoms with E-state index in [-0.39, 0.29) is 31.1 Å². The fraction of sp³-hybridized carbons (Fsp3) is 0.571. The molecule has 1 heterocycles. The fourth-order valence-electron chi connectivity index (χ4n) is 2.71. The van der Waals surface area contributed by atoms with Crippen molar-refractivity contribution in [1.29, 1.82) is 0 Å². The maximum Gasteiger partial charge on any atom is 0.417 e. The van der Waals surface area contributed by atoms with E-state index in [0.717, 1.165) is 16.8 Å². The lowest BCUT2D eigenvalue weighted by atomic mass is 9.93. The molecule has 1 aromatic rings. The lowest BCUT2D eigenvalue weighted by Gasteiger charge is -2.34. The van der Waals surface area contributed by atoms with Gasteiger partial charge in [-0.3, -0.25) is 0 Å². The Kier molecular flexibility index (Phi) is 5.03. The molecule has 9 heteroatoms. The SMILES string of the molecule is C[C@H](N)[C@@H]1CCCN(S(=O)(=O)c2ccc(F)cc2C(F)(F)F)C1. The number of benzene rings is 1. The molecule has 0 bridgehead atoms. The summed E-state index contributed by atoms with van der Waals surface area (Å²) in [5, 5.41) is 0. The molecular weight excluding hydrogens is 336 g/mol. The van der Waals surface area contributed by atoms with Crippen molar-refractivity contribution in [3.63, 3.8) is 0 Å². The van der Waals surface area contributed by atoms with Crippen LogP contribution in [0.15, 0.2) is 23.1 Å². The van der Waals surface area contributed by atoms with Gasteiger partial charge in [-0.2, -0.15) is 17.5 Å². The Balaban J connectivity index is 2.44. The molecule has 0 saturated carbocycles. The van der Waals surface area contributed by atoms with Gasteiger partial charge in [-0.15, -0.1) is 0 Å². The first kappa shape index (κ1) is 18.2. The number of sulfonamides is 1. The Bertz CT molecular complexity index is 674. The van der Waals surface area contributed by atoms with E-state index in [4.69, 9.17) is 5.73 Å². The van der Waals surface area contributed by atoms with Crippen LogP contribution in [0.25, 0.3) is 0 Å². The van der Waals surface area contributed by atoms with Crippen LogP contribution < -0.4 is 5.73 Å². The number of hydrogen-bond acceptors (Lipinski definition) is 3. The van der Waals surface area contributed by atoms with E-state index in [2.05, 4.69) is 0 Å². The Morgan fingerprint density at radius 2 is 2.00 bits per heavy atom. The van der Waals surface area contributed by atoms with E-state index in [0.29, 0.717) is 12.5 Å². The number of alkyl halides is 3. The van der Waals surface area contributed by atoms with Gasteiger partial charge >= 0.3 is 6.18 Å². The van der Waals surface area contributed by atoms with Crippen LogP contribution in [0.5, 0.6) is 0 Å². The molecule has 0 aliphatic carbocycles. The van der Waals surface area contributed by atoms with Crippen LogP contribution in [0.1, 0.15) is 25.3 Å². The second-order valence-corrected chi connectivity index (χ2v) is 7.67. The van der Waals surface area contributed by atoms with Crippen molar-refractivity contribution < 1.29 is 26.0 Å². The Hall–Kier alpha value is -1.19. The maximum absolute atomic E-state index is 13.2. The van der Waals surface area contributed by atoms with E-state index >= 15 is 0 Å². The number of hydrogen-bond donors (Lipinski definition) is 1. The van der Waals surface area contributed by atoms with Crippen LogP contribution in [0.4, 0.5) is 17.6 Å². The molecule has 2 atom stereocenters. The largest absolute Gasteiger partial charge is 0.417 e. The van der Waals surface area contributed by atoms with Gasteiger partial charge in [0.05, 0.1) is 10.5 Å². The van der Waals surface area contributed by atoms with E-state index in [1.54, 1.807) is 6.92 Å². The highest BCUT2D eigenvalue weighted by atomic mass is 32.2. The minimum Gasteiger partial charge on any atom is -0.328 e. The molecule has 2 rings (SSSR count). The smallest absolute Gasteiger partial charge is 0.328 e. The van der Waals surface area contributed by atoms with E-state index in [9.17, 15) is 26.0 Å². The van der Waals surface area contributed by atoms with E-state index < -0.39 is 32.5 Å². The highest BCUT2D eigenvalue weighted by Gasteiger charge is 2.40. The van der Waals surface area contributed by atoms with Gasteiger partial charge in [-0.05, 0) is 43.9 Å². The highest BCUT2D eigenvalue weighted by Crippen LogP contribution is 2.36. The van der Waals surface area contributed by atoms with Crippen molar-refractivity contribution in [2.24, 2.45) is 11.7 Å². The zero-order valence-corrected chi connectivity index (χ0v) is 13.3. The summed E-state index contributed by atoms with van der Waals surface area (Å²) in [4.78, 5) is -0.920. The van der Waals surface area contributed by atoms with Crippen molar-refractivity contribution in [2.75, 3.05) is 13.1 Å². The zero-order valence-electron chi connectivity index (χ0n) is 12.5. The summed E-state index contributed by atoms with van der Waals surface area (Å²) >= 11 is 0. The van der Waals surface area contributed by atoms with Crippen molar-refractivity contribution in [1.82, 2.24) is 4.31 Å². The molecule has 0 aromatic heterocycles. The van der Waals surface area contributed by atoms with Crippen LogP contribution in [-0.2, 0) is 16.2 Å². The van der Waals surface area contributed by atoms with E-state index in [1.165, 1.54) is 0 Å². The number of piperidine rings is 1. The predicted molar refractivity (Wildman–Crippen MR) is 76.5 cm³/mol. The number of halogens is 4. The molecule has 1 aromatic carbocycles. The van der Waals surface area contributed by atoms with Crippen molar-refractivity contribution >= 4 is 10.0 Å². The van der Waals surface area contributed by atoms with Gasteiger partial charge in [-0.25, -0.2) is 12.8 Å². The van der Waals surface area contributed by atoms with Crippen molar-refractivity contribution in [2.45, 2.75) is 36.9 Å². The number of nitrogens with zero attached hydrogens (tertiary/aromatic N) is 1. The average Bonchev–Trinajstić information content (AvgIpc) is 2.46. The third kappa shape index (κ3) is 3.84. The van der Waals surface area contributed by atoms with Crippen LogP contribution in [0.3, 0.4) is 0 Å². The third-order valence-corrected chi connectivity index (χ3v) is 5.95. The predicted octanol–water partition coefficient (Wildman–Crippen LogP) is 2.59. The fourth-order valence-corrected chi connectivity index (χ4v) is 4.44. The van der Waals surface area contributed by atoms with E-state index in [1.807, 2.05) is 0 Å². The summed E-state index contributed by atoms with van der Waals surface area (Å²) in [6, 6.07) is 1.33. The van der Waals surface area contributed by atoms with Gasteiger partial charge in [0.1, 0.15) is 5.82 Å². The van der Waals surface area contributed by atoms with Crippen molar-refractivity contribution in [3.8, 4) is 0 Å². The minimum atomic E-state index is -4.96. The number of rotatable bonds is 3. The molecule has 2 N–H and O–H groups in total.